The normalized spacial score (nSPS) is 18.4. The molecule has 1 aromatic rings. The van der Waals surface area contributed by atoms with Crippen LogP contribution in [0.15, 0.2) is 30.3 Å². The van der Waals surface area contributed by atoms with E-state index in [2.05, 4.69) is 40.5 Å². The first-order valence-electron chi connectivity index (χ1n) is 6.58. The van der Waals surface area contributed by atoms with Crippen molar-refractivity contribution in [2.75, 3.05) is 26.2 Å². The first-order valence-corrected chi connectivity index (χ1v) is 6.58. The highest BCUT2D eigenvalue weighted by atomic mass is 15.1. The molecule has 0 spiro atoms. The number of nitrogens with one attached hydrogen (secondary N) is 1. The van der Waals surface area contributed by atoms with Crippen LogP contribution in [0.3, 0.4) is 0 Å². The Hall–Kier alpha value is -0.900. The fourth-order valence-electron chi connectivity index (χ4n) is 2.40. The molecular formula is C14H23N3. The van der Waals surface area contributed by atoms with Gasteiger partial charge in [-0.15, -0.1) is 0 Å². The van der Waals surface area contributed by atoms with E-state index >= 15 is 0 Å². The van der Waals surface area contributed by atoms with Crippen molar-refractivity contribution in [3.8, 4) is 0 Å². The van der Waals surface area contributed by atoms with Gasteiger partial charge in [-0.25, -0.2) is 0 Å². The lowest BCUT2D eigenvalue weighted by Gasteiger charge is -2.32. The second-order valence-corrected chi connectivity index (χ2v) is 4.77. The smallest absolute Gasteiger partial charge is 0.0208 e. The molecule has 0 atom stereocenters. The molecule has 1 saturated heterocycles. The van der Waals surface area contributed by atoms with Crippen molar-refractivity contribution in [1.29, 1.82) is 0 Å². The molecule has 0 unspecified atom stereocenters. The first kappa shape index (κ1) is 12.6. The first-order chi connectivity index (χ1) is 8.38. The Balaban J connectivity index is 1.68. The highest BCUT2D eigenvalue weighted by molar-refractivity contribution is 5.14. The Morgan fingerprint density at radius 1 is 1.18 bits per heavy atom. The molecule has 0 bridgehead atoms. The van der Waals surface area contributed by atoms with Gasteiger partial charge >= 0.3 is 0 Å². The van der Waals surface area contributed by atoms with Crippen LogP contribution in [0.4, 0.5) is 0 Å². The van der Waals surface area contributed by atoms with Crippen molar-refractivity contribution in [2.24, 2.45) is 5.73 Å². The standard InChI is InChI=1S/C14H23N3/c15-8-11-17-9-6-14(7-10-17)16-12-13-4-2-1-3-5-13/h1-5,14,16H,6-12,15H2. The number of hydrogen-bond acceptors (Lipinski definition) is 3. The van der Waals surface area contributed by atoms with Crippen molar-refractivity contribution in [3.63, 3.8) is 0 Å². The monoisotopic (exact) mass is 233 g/mol. The van der Waals surface area contributed by atoms with E-state index in [4.69, 9.17) is 5.73 Å². The summed E-state index contributed by atoms with van der Waals surface area (Å²) in [7, 11) is 0. The molecule has 1 fully saturated rings. The summed E-state index contributed by atoms with van der Waals surface area (Å²) in [6, 6.07) is 11.3. The molecule has 17 heavy (non-hydrogen) atoms. The van der Waals surface area contributed by atoms with E-state index in [9.17, 15) is 0 Å². The van der Waals surface area contributed by atoms with Gasteiger partial charge in [0, 0.05) is 25.7 Å². The quantitative estimate of drug-likeness (QED) is 0.803. The van der Waals surface area contributed by atoms with Crippen LogP contribution in [-0.2, 0) is 6.54 Å². The third-order valence-corrected chi connectivity index (χ3v) is 3.47. The zero-order chi connectivity index (χ0) is 11.9. The van der Waals surface area contributed by atoms with Gasteiger partial charge in [0.2, 0.25) is 0 Å². The van der Waals surface area contributed by atoms with Gasteiger partial charge < -0.3 is 16.0 Å². The van der Waals surface area contributed by atoms with E-state index in [1.807, 2.05) is 0 Å². The summed E-state index contributed by atoms with van der Waals surface area (Å²) >= 11 is 0. The van der Waals surface area contributed by atoms with E-state index in [0.717, 1.165) is 19.6 Å². The van der Waals surface area contributed by atoms with E-state index < -0.39 is 0 Å². The van der Waals surface area contributed by atoms with Gasteiger partial charge in [0.15, 0.2) is 0 Å². The fraction of sp³-hybridized carbons (Fsp3) is 0.571. The van der Waals surface area contributed by atoms with Crippen molar-refractivity contribution in [1.82, 2.24) is 10.2 Å². The lowest BCUT2D eigenvalue weighted by Crippen LogP contribution is -2.43. The van der Waals surface area contributed by atoms with Crippen LogP contribution >= 0.6 is 0 Å². The molecule has 3 nitrogen and oxygen atoms in total. The van der Waals surface area contributed by atoms with Crippen molar-refractivity contribution in [3.05, 3.63) is 35.9 Å². The molecule has 0 saturated carbocycles. The predicted octanol–water partition coefficient (Wildman–Crippen LogP) is 1.20. The maximum absolute atomic E-state index is 5.57. The maximum Gasteiger partial charge on any atom is 0.0208 e. The third-order valence-electron chi connectivity index (χ3n) is 3.47. The van der Waals surface area contributed by atoms with Gasteiger partial charge in [-0.2, -0.15) is 0 Å². The number of rotatable bonds is 5. The molecule has 1 heterocycles. The second kappa shape index (κ2) is 6.74. The van der Waals surface area contributed by atoms with E-state index in [1.54, 1.807) is 0 Å². The molecule has 0 aromatic heterocycles. The van der Waals surface area contributed by atoms with Crippen LogP contribution in [-0.4, -0.2) is 37.1 Å². The number of benzene rings is 1. The summed E-state index contributed by atoms with van der Waals surface area (Å²) in [5, 5.41) is 3.64. The van der Waals surface area contributed by atoms with Crippen LogP contribution in [0.5, 0.6) is 0 Å². The minimum atomic E-state index is 0.671. The van der Waals surface area contributed by atoms with Crippen molar-refractivity contribution in [2.45, 2.75) is 25.4 Å². The van der Waals surface area contributed by atoms with E-state index in [1.165, 1.54) is 31.5 Å². The van der Waals surface area contributed by atoms with Crippen LogP contribution in [0.1, 0.15) is 18.4 Å². The number of likely N-dealkylation sites (tertiary alicyclic amines) is 1. The molecule has 1 aliphatic rings. The molecular weight excluding hydrogens is 210 g/mol. The Kier molecular flexibility index (Phi) is 4.98. The topological polar surface area (TPSA) is 41.3 Å². The third kappa shape index (κ3) is 4.11. The Morgan fingerprint density at radius 2 is 1.88 bits per heavy atom. The zero-order valence-corrected chi connectivity index (χ0v) is 10.4. The molecule has 94 valence electrons. The van der Waals surface area contributed by atoms with Crippen molar-refractivity contribution >= 4 is 0 Å². The molecule has 1 aliphatic heterocycles. The predicted molar refractivity (Wildman–Crippen MR) is 71.8 cm³/mol. The minimum absolute atomic E-state index is 0.671. The molecule has 2 rings (SSSR count). The fourth-order valence-corrected chi connectivity index (χ4v) is 2.40. The summed E-state index contributed by atoms with van der Waals surface area (Å²) in [5.74, 6) is 0. The van der Waals surface area contributed by atoms with Crippen LogP contribution in [0.2, 0.25) is 0 Å². The summed E-state index contributed by atoms with van der Waals surface area (Å²) in [6.45, 7) is 5.18. The largest absolute Gasteiger partial charge is 0.329 e. The minimum Gasteiger partial charge on any atom is -0.329 e. The average molecular weight is 233 g/mol. The lowest BCUT2D eigenvalue weighted by molar-refractivity contribution is 0.202. The summed E-state index contributed by atoms with van der Waals surface area (Å²) in [6.07, 6.45) is 2.49. The SMILES string of the molecule is NCCN1CCC(NCc2ccccc2)CC1. The second-order valence-electron chi connectivity index (χ2n) is 4.77. The van der Waals surface area contributed by atoms with Gasteiger partial charge in [-0.1, -0.05) is 30.3 Å². The highest BCUT2D eigenvalue weighted by Crippen LogP contribution is 2.10. The number of nitrogens with zero attached hydrogens (tertiary/aromatic N) is 1. The number of hydrogen-bond donors (Lipinski definition) is 2. The Bertz CT molecular complexity index is 305. The lowest BCUT2D eigenvalue weighted by atomic mass is 10.0. The van der Waals surface area contributed by atoms with Crippen LogP contribution in [0.25, 0.3) is 0 Å². The Morgan fingerprint density at radius 3 is 2.53 bits per heavy atom. The molecule has 0 radical (unpaired) electrons. The zero-order valence-electron chi connectivity index (χ0n) is 10.4. The molecule has 3 N–H and O–H groups in total. The average Bonchev–Trinajstić information content (AvgIpc) is 2.40. The van der Waals surface area contributed by atoms with Gasteiger partial charge in [-0.05, 0) is 31.5 Å². The van der Waals surface area contributed by atoms with E-state index in [0.29, 0.717) is 6.04 Å². The number of nitrogens with two attached hydrogens (primary N) is 1. The van der Waals surface area contributed by atoms with Crippen LogP contribution in [0, 0.1) is 0 Å². The van der Waals surface area contributed by atoms with Gasteiger partial charge in [0.25, 0.3) is 0 Å². The molecule has 3 heteroatoms. The Labute approximate surface area is 104 Å². The van der Waals surface area contributed by atoms with Crippen LogP contribution < -0.4 is 11.1 Å². The van der Waals surface area contributed by atoms with Crippen molar-refractivity contribution < 1.29 is 0 Å². The summed E-state index contributed by atoms with van der Waals surface area (Å²) in [5.41, 5.74) is 6.94. The summed E-state index contributed by atoms with van der Waals surface area (Å²) in [4.78, 5) is 2.46. The summed E-state index contributed by atoms with van der Waals surface area (Å²) < 4.78 is 0. The maximum atomic E-state index is 5.57. The molecule has 0 amide bonds. The van der Waals surface area contributed by atoms with Gasteiger partial charge in [0.1, 0.15) is 0 Å². The van der Waals surface area contributed by atoms with E-state index in [-0.39, 0.29) is 0 Å². The van der Waals surface area contributed by atoms with Gasteiger partial charge in [-0.3, -0.25) is 0 Å². The molecule has 0 aliphatic carbocycles. The highest BCUT2D eigenvalue weighted by Gasteiger charge is 2.17. The van der Waals surface area contributed by atoms with Gasteiger partial charge in [0.05, 0.1) is 0 Å². The number of piperidine rings is 1. The molecule has 1 aromatic carbocycles.